The lowest BCUT2D eigenvalue weighted by molar-refractivity contribution is -0.125. The number of carbonyl (C=O) groups excluding carboxylic acids is 3. The first-order valence-corrected chi connectivity index (χ1v) is 8.54. The highest BCUT2D eigenvalue weighted by Crippen LogP contribution is 2.16. The van der Waals surface area contributed by atoms with Crippen LogP contribution in [-0.2, 0) is 9.59 Å². The van der Waals surface area contributed by atoms with E-state index in [0.717, 1.165) is 5.56 Å². The summed E-state index contributed by atoms with van der Waals surface area (Å²) in [5.41, 5.74) is 6.91. The molecule has 7 heteroatoms. The van der Waals surface area contributed by atoms with E-state index >= 15 is 0 Å². The monoisotopic (exact) mass is 382 g/mol. The van der Waals surface area contributed by atoms with Crippen molar-refractivity contribution in [2.75, 3.05) is 13.2 Å². The molecule has 138 valence electrons. The second-order valence-corrected chi connectivity index (χ2v) is 5.81. The number of carbonyl (C=O) groups is 3. The molecular formula is C20H18N2O4S. The summed E-state index contributed by atoms with van der Waals surface area (Å²) in [6, 6.07) is 13.7. The van der Waals surface area contributed by atoms with Gasteiger partial charge in [-0.1, -0.05) is 24.3 Å². The molecule has 2 aromatic rings. The molecule has 0 bridgehead atoms. The predicted molar refractivity (Wildman–Crippen MR) is 106 cm³/mol. The minimum Gasteiger partial charge on any atom is -0.493 e. The van der Waals surface area contributed by atoms with Crippen LogP contribution in [0.3, 0.4) is 0 Å². The topological polar surface area (TPSA) is 98.5 Å². The maximum Gasteiger partial charge on any atom is 0.236 e. The van der Waals surface area contributed by atoms with Crippen molar-refractivity contribution < 1.29 is 19.1 Å². The van der Waals surface area contributed by atoms with Crippen LogP contribution >= 0.6 is 12.2 Å². The Morgan fingerprint density at radius 1 is 1.04 bits per heavy atom. The van der Waals surface area contributed by atoms with Crippen molar-refractivity contribution in [1.29, 1.82) is 0 Å². The summed E-state index contributed by atoms with van der Waals surface area (Å²) in [6.45, 7) is -0.0504. The van der Waals surface area contributed by atoms with Crippen molar-refractivity contribution in [3.8, 4) is 5.75 Å². The van der Waals surface area contributed by atoms with Gasteiger partial charge in [0, 0.05) is 11.1 Å². The van der Waals surface area contributed by atoms with E-state index in [-0.39, 0.29) is 31.3 Å². The molecular weight excluding hydrogens is 364 g/mol. The molecule has 0 unspecified atom stereocenters. The van der Waals surface area contributed by atoms with Crippen LogP contribution in [0.2, 0.25) is 0 Å². The summed E-state index contributed by atoms with van der Waals surface area (Å²) in [6.07, 6.45) is 1.75. The first kappa shape index (κ1) is 20.0. The van der Waals surface area contributed by atoms with Gasteiger partial charge in [-0.2, -0.15) is 0 Å². The highest BCUT2D eigenvalue weighted by molar-refractivity contribution is 7.78. The second kappa shape index (κ2) is 10.0. The molecule has 6 nitrogen and oxygen atoms in total. The molecule has 0 saturated heterocycles. The Labute approximate surface area is 162 Å². The molecule has 0 heterocycles. The molecule has 27 heavy (non-hydrogen) atoms. The Morgan fingerprint density at radius 3 is 2.19 bits per heavy atom. The van der Waals surface area contributed by atoms with Gasteiger partial charge in [-0.3, -0.25) is 14.4 Å². The zero-order valence-corrected chi connectivity index (χ0v) is 15.3. The largest absolute Gasteiger partial charge is 0.493 e. The highest BCUT2D eigenvalue weighted by Gasteiger charge is 2.09. The van der Waals surface area contributed by atoms with Crippen molar-refractivity contribution in [3.63, 3.8) is 0 Å². The van der Waals surface area contributed by atoms with Crippen molar-refractivity contribution in [2.24, 2.45) is 5.73 Å². The molecule has 0 fully saturated rings. The number of primary amides is 1. The van der Waals surface area contributed by atoms with E-state index in [4.69, 9.17) is 10.5 Å². The van der Waals surface area contributed by atoms with Crippen LogP contribution in [0.15, 0.2) is 48.5 Å². The third-order valence-corrected chi connectivity index (χ3v) is 3.69. The van der Waals surface area contributed by atoms with Crippen LogP contribution in [0, 0.1) is 0 Å². The molecule has 3 N–H and O–H groups in total. The standard InChI is InChI=1S/C20H18N2O4S/c21-18(23)13-22-19(24)9-11-26-17-7-5-16(6-8-17)20(25)15-3-1-14(2-4-15)10-12-27/h1-8,10H,9,11,13H2,(H2,21,23)(H,22,24). The Morgan fingerprint density at radius 2 is 1.63 bits per heavy atom. The lowest BCUT2D eigenvalue weighted by Crippen LogP contribution is -2.33. The van der Waals surface area contributed by atoms with Gasteiger partial charge in [-0.25, -0.2) is 0 Å². The molecule has 0 atom stereocenters. The minimum absolute atomic E-state index is 0.0937. The molecule has 0 spiro atoms. The number of hydrogen-bond donors (Lipinski definition) is 2. The number of amides is 2. The van der Waals surface area contributed by atoms with Crippen molar-refractivity contribution in [3.05, 3.63) is 65.2 Å². The number of hydrogen-bond acceptors (Lipinski definition) is 5. The number of ketones is 1. The summed E-state index contributed by atoms with van der Waals surface area (Å²) in [7, 11) is 0. The van der Waals surface area contributed by atoms with Crippen LogP contribution in [-0.4, -0.2) is 35.8 Å². The molecule has 0 aliphatic carbocycles. The summed E-state index contributed by atoms with van der Waals surface area (Å²) in [4.78, 5) is 34.5. The van der Waals surface area contributed by atoms with Crippen molar-refractivity contribution in [1.82, 2.24) is 5.32 Å². The lowest BCUT2D eigenvalue weighted by Gasteiger charge is -2.07. The quantitative estimate of drug-likeness (QED) is 0.510. The first-order chi connectivity index (χ1) is 13.0. The molecule has 0 saturated carbocycles. The Hall–Kier alpha value is -3.28. The van der Waals surface area contributed by atoms with Gasteiger partial charge in [0.1, 0.15) is 5.75 Å². The van der Waals surface area contributed by atoms with Gasteiger partial charge >= 0.3 is 0 Å². The predicted octanol–water partition coefficient (Wildman–Crippen LogP) is 1.90. The van der Waals surface area contributed by atoms with Gasteiger partial charge < -0.3 is 15.8 Å². The zero-order valence-electron chi connectivity index (χ0n) is 14.4. The number of rotatable bonds is 9. The number of thiocarbonyl (C=S) groups is 1. The summed E-state index contributed by atoms with van der Waals surface area (Å²) >= 11 is 4.65. The van der Waals surface area contributed by atoms with Gasteiger partial charge in [0.25, 0.3) is 0 Å². The van der Waals surface area contributed by atoms with Gasteiger partial charge in [0.2, 0.25) is 11.8 Å². The minimum atomic E-state index is -0.602. The van der Waals surface area contributed by atoms with Crippen molar-refractivity contribution >= 4 is 40.9 Å². The fraction of sp³-hybridized carbons (Fsp3) is 0.150. The SMILES string of the molecule is NC(=O)CNC(=O)CCOc1ccc(C(=O)c2ccc(C=C=S)cc2)cc1. The van der Waals surface area contributed by atoms with Crippen LogP contribution in [0.25, 0.3) is 6.08 Å². The number of benzene rings is 2. The van der Waals surface area contributed by atoms with Crippen LogP contribution in [0.5, 0.6) is 5.75 Å². The molecule has 2 aromatic carbocycles. The molecule has 0 aromatic heterocycles. The van der Waals surface area contributed by atoms with Gasteiger partial charge in [0.15, 0.2) is 5.78 Å². The van der Waals surface area contributed by atoms with Gasteiger partial charge in [-0.05, 0) is 53.1 Å². The van der Waals surface area contributed by atoms with E-state index in [2.05, 4.69) is 22.6 Å². The van der Waals surface area contributed by atoms with E-state index in [1.165, 1.54) is 0 Å². The molecule has 0 aliphatic heterocycles. The summed E-state index contributed by atoms with van der Waals surface area (Å²) in [5.74, 6) is -0.497. The maximum absolute atomic E-state index is 12.5. The Kier molecular flexibility index (Phi) is 7.43. The number of nitrogens with two attached hydrogens (primary N) is 1. The van der Waals surface area contributed by atoms with E-state index < -0.39 is 5.91 Å². The fourth-order valence-electron chi connectivity index (χ4n) is 2.20. The summed E-state index contributed by atoms with van der Waals surface area (Å²) < 4.78 is 5.46. The zero-order chi connectivity index (χ0) is 19.6. The second-order valence-electron chi connectivity index (χ2n) is 5.58. The average Bonchev–Trinajstić information content (AvgIpc) is 2.67. The van der Waals surface area contributed by atoms with Crippen molar-refractivity contribution in [2.45, 2.75) is 6.42 Å². The van der Waals surface area contributed by atoms with E-state index in [9.17, 15) is 14.4 Å². The normalized spacial score (nSPS) is 9.78. The average molecular weight is 382 g/mol. The van der Waals surface area contributed by atoms with Crippen LogP contribution in [0.4, 0.5) is 0 Å². The lowest BCUT2D eigenvalue weighted by atomic mass is 10.0. The number of nitrogens with one attached hydrogen (secondary N) is 1. The Bertz CT molecular complexity index is 870. The van der Waals surface area contributed by atoms with E-state index in [1.54, 1.807) is 54.6 Å². The fourth-order valence-corrected chi connectivity index (χ4v) is 2.34. The van der Waals surface area contributed by atoms with E-state index in [0.29, 0.717) is 16.9 Å². The van der Waals surface area contributed by atoms with Gasteiger partial charge in [-0.15, -0.1) is 0 Å². The third-order valence-electron chi connectivity index (χ3n) is 3.57. The van der Waals surface area contributed by atoms with Crippen LogP contribution in [0.1, 0.15) is 27.9 Å². The molecule has 0 radical (unpaired) electrons. The first-order valence-electron chi connectivity index (χ1n) is 8.13. The molecule has 0 aliphatic rings. The highest BCUT2D eigenvalue weighted by atomic mass is 32.1. The third kappa shape index (κ3) is 6.51. The number of ether oxygens (including phenoxy) is 1. The van der Waals surface area contributed by atoms with Gasteiger partial charge in [0.05, 0.1) is 19.6 Å². The molecule has 2 amide bonds. The van der Waals surface area contributed by atoms with E-state index in [1.807, 2.05) is 0 Å². The maximum atomic E-state index is 12.5. The molecule has 2 rings (SSSR count). The summed E-state index contributed by atoms with van der Waals surface area (Å²) in [5, 5.41) is 4.89. The van der Waals surface area contributed by atoms with Crippen LogP contribution < -0.4 is 15.8 Å². The smallest absolute Gasteiger partial charge is 0.236 e. The Balaban J connectivity index is 1.88.